The van der Waals surface area contributed by atoms with Gasteiger partial charge in [0.1, 0.15) is 11.4 Å². The molecule has 1 fully saturated rings. The molecule has 1 aliphatic rings. The second-order valence-corrected chi connectivity index (χ2v) is 8.42. The highest BCUT2D eigenvalue weighted by Gasteiger charge is 2.21. The van der Waals surface area contributed by atoms with Crippen LogP contribution < -0.4 is 5.32 Å². The Kier molecular flexibility index (Phi) is 7.40. The lowest BCUT2D eigenvalue weighted by atomic mass is 10.1. The van der Waals surface area contributed by atoms with Crippen molar-refractivity contribution in [2.45, 2.75) is 6.92 Å². The van der Waals surface area contributed by atoms with E-state index in [1.54, 1.807) is 43.3 Å². The van der Waals surface area contributed by atoms with E-state index in [0.29, 0.717) is 41.0 Å². The van der Waals surface area contributed by atoms with Crippen LogP contribution in [0.5, 0.6) is 0 Å². The van der Waals surface area contributed by atoms with Gasteiger partial charge in [0.15, 0.2) is 5.82 Å². The van der Waals surface area contributed by atoms with Gasteiger partial charge in [-0.1, -0.05) is 11.6 Å². The molecule has 0 aliphatic carbocycles. The molecule has 1 aromatic heterocycles. The fourth-order valence-electron chi connectivity index (χ4n) is 3.60. The third kappa shape index (κ3) is 5.52. The molecule has 2 heterocycles. The van der Waals surface area contributed by atoms with Crippen molar-refractivity contribution in [2.75, 3.05) is 45.2 Å². The number of nitrogens with one attached hydrogen (secondary N) is 1. The lowest BCUT2D eigenvalue weighted by Crippen LogP contribution is -2.47. The van der Waals surface area contributed by atoms with Gasteiger partial charge in [-0.2, -0.15) is 0 Å². The summed E-state index contributed by atoms with van der Waals surface area (Å²) in [7, 11) is 2.05. The van der Waals surface area contributed by atoms with Crippen molar-refractivity contribution in [1.29, 1.82) is 0 Å². The summed E-state index contributed by atoms with van der Waals surface area (Å²) < 4.78 is 5.16. The Labute approximate surface area is 203 Å². The van der Waals surface area contributed by atoms with Crippen LogP contribution in [0.4, 0.5) is 11.5 Å². The van der Waals surface area contributed by atoms with E-state index >= 15 is 0 Å². The van der Waals surface area contributed by atoms with Crippen molar-refractivity contribution in [3.8, 4) is 11.4 Å². The summed E-state index contributed by atoms with van der Waals surface area (Å²) in [6, 6.07) is 14.3. The second-order valence-electron chi connectivity index (χ2n) is 7.98. The number of aromatic nitrogens is 2. The van der Waals surface area contributed by atoms with Crippen LogP contribution in [0.15, 0.2) is 54.7 Å². The van der Waals surface area contributed by atoms with E-state index in [0.717, 1.165) is 18.7 Å². The molecule has 0 bridgehead atoms. The smallest absolute Gasteiger partial charge is 0.343 e. The van der Waals surface area contributed by atoms with Gasteiger partial charge in [0, 0.05) is 54.2 Å². The summed E-state index contributed by atoms with van der Waals surface area (Å²) in [4.78, 5) is 38.3. The van der Waals surface area contributed by atoms with Crippen LogP contribution in [0.2, 0.25) is 5.02 Å². The summed E-state index contributed by atoms with van der Waals surface area (Å²) in [6.45, 7) is 5.14. The number of carbonyl (C=O) groups is 2. The first kappa shape index (κ1) is 23.7. The lowest BCUT2D eigenvalue weighted by molar-refractivity contribution is 0.0526. The van der Waals surface area contributed by atoms with Crippen LogP contribution in [0.1, 0.15) is 27.6 Å². The third-order valence-electron chi connectivity index (χ3n) is 5.57. The lowest BCUT2D eigenvalue weighted by Gasteiger charge is -2.32. The maximum absolute atomic E-state index is 12.8. The fraction of sp³-hybridized carbons (Fsp3) is 0.280. The van der Waals surface area contributed by atoms with Crippen LogP contribution in [-0.2, 0) is 4.74 Å². The molecular weight excluding hydrogens is 454 g/mol. The predicted molar refractivity (Wildman–Crippen MR) is 132 cm³/mol. The number of benzene rings is 2. The molecule has 0 radical (unpaired) electrons. The van der Waals surface area contributed by atoms with Crippen molar-refractivity contribution in [3.63, 3.8) is 0 Å². The molecule has 9 heteroatoms. The number of amides is 1. The first-order valence-corrected chi connectivity index (χ1v) is 11.5. The van der Waals surface area contributed by atoms with E-state index in [1.807, 2.05) is 17.0 Å². The van der Waals surface area contributed by atoms with E-state index in [4.69, 9.17) is 16.3 Å². The van der Waals surface area contributed by atoms with Crippen LogP contribution in [0.3, 0.4) is 0 Å². The van der Waals surface area contributed by atoms with E-state index in [-0.39, 0.29) is 18.1 Å². The average Bonchev–Trinajstić information content (AvgIpc) is 2.85. The molecular formula is C25H26ClN5O3. The number of carbonyl (C=O) groups excluding carboxylic acids is 2. The van der Waals surface area contributed by atoms with Gasteiger partial charge in [0.2, 0.25) is 0 Å². The largest absolute Gasteiger partial charge is 0.462 e. The molecule has 34 heavy (non-hydrogen) atoms. The summed E-state index contributed by atoms with van der Waals surface area (Å²) in [5.74, 6) is 0.249. The maximum atomic E-state index is 12.8. The zero-order valence-corrected chi connectivity index (χ0v) is 19.9. The number of hydrogen-bond acceptors (Lipinski definition) is 7. The van der Waals surface area contributed by atoms with Crippen LogP contribution in [0.25, 0.3) is 11.4 Å². The number of nitrogens with zero attached hydrogens (tertiary/aromatic N) is 4. The second kappa shape index (κ2) is 10.6. The quantitative estimate of drug-likeness (QED) is 0.532. The molecule has 1 saturated heterocycles. The maximum Gasteiger partial charge on any atom is 0.343 e. The summed E-state index contributed by atoms with van der Waals surface area (Å²) in [6.07, 6.45) is 1.45. The number of anilines is 2. The van der Waals surface area contributed by atoms with E-state index in [9.17, 15) is 9.59 Å². The zero-order chi connectivity index (χ0) is 24.1. The van der Waals surface area contributed by atoms with E-state index in [2.05, 4.69) is 27.2 Å². The van der Waals surface area contributed by atoms with Crippen molar-refractivity contribution in [2.24, 2.45) is 0 Å². The third-order valence-corrected chi connectivity index (χ3v) is 5.82. The van der Waals surface area contributed by atoms with Gasteiger partial charge in [-0.15, -0.1) is 0 Å². The SMILES string of the molecule is CCOC(=O)c1cnc(-c2ccc(Cl)cc2)nc1Nc1ccc(C(=O)N2CCN(C)CC2)cc1. The van der Waals surface area contributed by atoms with E-state index in [1.165, 1.54) is 6.20 Å². The number of rotatable bonds is 6. The van der Waals surface area contributed by atoms with Gasteiger partial charge in [-0.3, -0.25) is 4.79 Å². The van der Waals surface area contributed by atoms with Crippen molar-refractivity contribution in [1.82, 2.24) is 19.8 Å². The molecule has 4 rings (SSSR count). The summed E-state index contributed by atoms with van der Waals surface area (Å²) in [5.41, 5.74) is 2.28. The topological polar surface area (TPSA) is 87.7 Å². The Hall–Kier alpha value is -3.49. The molecule has 0 spiro atoms. The Balaban J connectivity index is 1.57. The number of halogens is 1. The fourth-order valence-corrected chi connectivity index (χ4v) is 3.72. The Morgan fingerprint density at radius 2 is 1.71 bits per heavy atom. The Morgan fingerprint density at radius 1 is 1.03 bits per heavy atom. The van der Waals surface area contributed by atoms with Crippen LogP contribution >= 0.6 is 11.6 Å². The predicted octanol–water partition coefficient (Wildman–Crippen LogP) is 4.10. The molecule has 0 unspecified atom stereocenters. The van der Waals surface area contributed by atoms with Gasteiger partial charge in [0.05, 0.1) is 6.61 Å². The van der Waals surface area contributed by atoms with E-state index < -0.39 is 5.97 Å². The Morgan fingerprint density at radius 3 is 2.35 bits per heavy atom. The molecule has 8 nitrogen and oxygen atoms in total. The molecule has 0 saturated carbocycles. The van der Waals surface area contributed by atoms with Crippen LogP contribution in [-0.4, -0.2) is 71.5 Å². The first-order valence-electron chi connectivity index (χ1n) is 11.1. The van der Waals surface area contributed by atoms with Crippen molar-refractivity contribution in [3.05, 3.63) is 70.9 Å². The van der Waals surface area contributed by atoms with Crippen molar-refractivity contribution >= 4 is 35.0 Å². The minimum Gasteiger partial charge on any atom is -0.462 e. The molecule has 2 aromatic carbocycles. The zero-order valence-electron chi connectivity index (χ0n) is 19.1. The van der Waals surface area contributed by atoms with Crippen LogP contribution in [0, 0.1) is 0 Å². The average molecular weight is 480 g/mol. The minimum absolute atomic E-state index is 0.0129. The standard InChI is InChI=1S/C25H26ClN5O3/c1-3-34-25(33)21-16-27-22(17-4-8-19(26)9-5-17)29-23(21)28-20-10-6-18(7-11-20)24(32)31-14-12-30(2)13-15-31/h4-11,16H,3,12-15H2,1-2H3,(H,27,28,29). The normalized spacial score (nSPS) is 14.0. The molecule has 3 aromatic rings. The highest BCUT2D eigenvalue weighted by Crippen LogP contribution is 2.25. The number of esters is 1. The molecule has 0 atom stereocenters. The number of likely N-dealkylation sites (N-methyl/N-ethyl adjacent to an activating group) is 1. The van der Waals surface area contributed by atoms with Gasteiger partial charge >= 0.3 is 5.97 Å². The van der Waals surface area contributed by atoms with Gasteiger partial charge in [0.25, 0.3) is 5.91 Å². The molecule has 176 valence electrons. The summed E-state index contributed by atoms with van der Waals surface area (Å²) >= 11 is 5.99. The number of piperazine rings is 1. The monoisotopic (exact) mass is 479 g/mol. The Bertz CT molecular complexity index is 1160. The van der Waals surface area contributed by atoms with Crippen molar-refractivity contribution < 1.29 is 14.3 Å². The minimum atomic E-state index is -0.519. The first-order chi connectivity index (χ1) is 16.4. The highest BCUT2D eigenvalue weighted by molar-refractivity contribution is 6.30. The highest BCUT2D eigenvalue weighted by atomic mass is 35.5. The molecule has 1 aliphatic heterocycles. The summed E-state index contributed by atoms with van der Waals surface area (Å²) in [5, 5.41) is 3.78. The number of ether oxygens (including phenoxy) is 1. The number of hydrogen-bond donors (Lipinski definition) is 1. The molecule has 1 amide bonds. The van der Waals surface area contributed by atoms with Gasteiger partial charge in [-0.05, 0) is 62.5 Å². The van der Waals surface area contributed by atoms with Gasteiger partial charge < -0.3 is 19.9 Å². The van der Waals surface area contributed by atoms with Gasteiger partial charge in [-0.25, -0.2) is 14.8 Å². The molecule has 1 N–H and O–H groups in total.